The number of hydrogen-bond donors (Lipinski definition) is 3. The maximum absolute atomic E-state index is 11.9. The predicted molar refractivity (Wildman–Crippen MR) is 70.7 cm³/mol. The first-order valence-corrected chi connectivity index (χ1v) is 6.39. The highest BCUT2D eigenvalue weighted by atomic mass is 35.5. The number of ether oxygens (including phenoxy) is 1. The van der Waals surface area contributed by atoms with Crippen LogP contribution < -0.4 is 10.2 Å². The fourth-order valence-electron chi connectivity index (χ4n) is 1.82. The van der Waals surface area contributed by atoms with Crippen LogP contribution in [0, 0.1) is 5.41 Å². The fraction of sp³-hybridized carbons (Fsp3) is 0.818. The maximum Gasteiger partial charge on any atom is 0.410 e. The Morgan fingerprint density at radius 1 is 1.50 bits per heavy atom. The van der Waals surface area contributed by atoms with Gasteiger partial charge in [-0.2, -0.15) is 0 Å². The van der Waals surface area contributed by atoms with Crippen molar-refractivity contribution in [2.24, 2.45) is 0 Å². The Labute approximate surface area is 113 Å². The summed E-state index contributed by atoms with van der Waals surface area (Å²) in [5.74, 6) is 0.0488. The molecular formula is C11H21ClN4O2. The highest BCUT2D eigenvalue weighted by molar-refractivity contribution is 6.21. The first kappa shape index (κ1) is 14.9. The van der Waals surface area contributed by atoms with Crippen LogP contribution in [-0.2, 0) is 4.74 Å². The summed E-state index contributed by atoms with van der Waals surface area (Å²) in [7, 11) is 0. The molecule has 0 aliphatic carbocycles. The minimum Gasteiger partial charge on any atom is -0.444 e. The molecule has 0 aromatic heterocycles. The zero-order chi connectivity index (χ0) is 13.8. The molecule has 18 heavy (non-hydrogen) atoms. The molecule has 1 atom stereocenters. The van der Waals surface area contributed by atoms with Crippen LogP contribution >= 0.6 is 11.8 Å². The molecule has 3 N–H and O–H groups in total. The molecule has 0 saturated carbocycles. The quantitative estimate of drug-likeness (QED) is 0.387. The Morgan fingerprint density at radius 3 is 2.72 bits per heavy atom. The molecule has 6 nitrogen and oxygen atoms in total. The van der Waals surface area contributed by atoms with Gasteiger partial charge in [0.15, 0.2) is 0 Å². The van der Waals surface area contributed by atoms with Crippen LogP contribution in [-0.4, -0.2) is 41.7 Å². The number of likely N-dealkylation sites (tertiary alicyclic amines) is 1. The zero-order valence-corrected chi connectivity index (χ0v) is 11.8. The highest BCUT2D eigenvalue weighted by Crippen LogP contribution is 2.15. The molecule has 0 spiro atoms. The third-order valence-corrected chi connectivity index (χ3v) is 2.71. The fourth-order valence-corrected chi connectivity index (χ4v) is 1.87. The second-order valence-corrected chi connectivity index (χ2v) is 5.57. The van der Waals surface area contributed by atoms with Crippen LogP contribution in [0.1, 0.15) is 33.6 Å². The van der Waals surface area contributed by atoms with Crippen LogP contribution in [0.3, 0.4) is 0 Å². The van der Waals surface area contributed by atoms with E-state index < -0.39 is 5.60 Å². The third kappa shape index (κ3) is 5.00. The Hall–Kier alpha value is -1.17. The minimum absolute atomic E-state index is 0.0324. The summed E-state index contributed by atoms with van der Waals surface area (Å²) in [6.45, 7) is 6.75. The van der Waals surface area contributed by atoms with Crippen molar-refractivity contribution in [1.29, 1.82) is 5.41 Å². The lowest BCUT2D eigenvalue weighted by molar-refractivity contribution is 0.0193. The average Bonchev–Trinajstić information content (AvgIpc) is 2.27. The average molecular weight is 277 g/mol. The van der Waals surface area contributed by atoms with Crippen LogP contribution in [0.15, 0.2) is 0 Å². The molecular weight excluding hydrogens is 256 g/mol. The molecule has 0 aromatic rings. The van der Waals surface area contributed by atoms with Crippen molar-refractivity contribution in [3.05, 3.63) is 0 Å². The number of amides is 1. The van der Waals surface area contributed by atoms with Crippen molar-refractivity contribution < 1.29 is 9.53 Å². The third-order valence-electron chi connectivity index (χ3n) is 2.52. The molecule has 1 saturated heterocycles. The lowest BCUT2D eigenvalue weighted by Gasteiger charge is -2.34. The summed E-state index contributed by atoms with van der Waals surface area (Å²) in [4.78, 5) is 15.8. The molecule has 0 radical (unpaired) electrons. The van der Waals surface area contributed by atoms with E-state index in [1.165, 1.54) is 0 Å². The Kier molecular flexibility index (Phi) is 5.07. The van der Waals surface area contributed by atoms with E-state index in [0.717, 1.165) is 12.8 Å². The van der Waals surface area contributed by atoms with Crippen molar-refractivity contribution in [2.45, 2.75) is 45.3 Å². The summed E-state index contributed by atoms with van der Waals surface area (Å²) < 4.78 is 5.32. The van der Waals surface area contributed by atoms with Gasteiger partial charge in [0.2, 0.25) is 5.96 Å². The smallest absolute Gasteiger partial charge is 0.410 e. The largest absolute Gasteiger partial charge is 0.444 e. The van der Waals surface area contributed by atoms with Crippen LogP contribution in [0.2, 0.25) is 0 Å². The summed E-state index contributed by atoms with van der Waals surface area (Å²) in [5, 5.41) is 10.3. The van der Waals surface area contributed by atoms with E-state index in [0.29, 0.717) is 13.1 Å². The molecule has 0 unspecified atom stereocenters. The van der Waals surface area contributed by atoms with Crippen molar-refractivity contribution in [2.75, 3.05) is 13.1 Å². The number of halogens is 1. The van der Waals surface area contributed by atoms with Crippen LogP contribution in [0.4, 0.5) is 4.79 Å². The zero-order valence-electron chi connectivity index (χ0n) is 11.0. The SMILES string of the molecule is CC(C)(C)OC(=O)N1CCC[C@@H](NC(=N)NCl)C1. The standard InChI is InChI=1S/C11H21ClN4O2/c1-11(2,3)18-10(17)16-6-4-5-8(7-16)14-9(13)15-12/h8H,4-7H2,1-3H3,(H3,13,14,15)/t8-/m1/s1. The van der Waals surface area contributed by atoms with Gasteiger partial charge in [0.05, 0.1) is 0 Å². The second-order valence-electron chi connectivity index (χ2n) is 5.38. The Balaban J connectivity index is 2.48. The normalized spacial score (nSPS) is 20.2. The van der Waals surface area contributed by atoms with Crippen LogP contribution in [0.25, 0.3) is 0 Å². The van der Waals surface area contributed by atoms with Crippen molar-refractivity contribution >= 4 is 23.8 Å². The molecule has 1 heterocycles. The van der Waals surface area contributed by atoms with E-state index in [9.17, 15) is 4.79 Å². The van der Waals surface area contributed by atoms with Crippen LogP contribution in [0.5, 0.6) is 0 Å². The molecule has 0 bridgehead atoms. The number of nitrogens with one attached hydrogen (secondary N) is 3. The lowest BCUT2D eigenvalue weighted by Crippen LogP contribution is -2.51. The van der Waals surface area contributed by atoms with Gasteiger partial charge in [-0.3, -0.25) is 10.2 Å². The summed E-state index contributed by atoms with van der Waals surface area (Å²) >= 11 is 5.32. The van der Waals surface area contributed by atoms with Gasteiger partial charge >= 0.3 is 6.09 Å². The van der Waals surface area contributed by atoms with Gasteiger partial charge < -0.3 is 15.0 Å². The lowest BCUT2D eigenvalue weighted by atomic mass is 10.1. The van der Waals surface area contributed by atoms with E-state index in [1.807, 2.05) is 20.8 Å². The maximum atomic E-state index is 11.9. The van der Waals surface area contributed by atoms with Gasteiger partial charge in [-0.05, 0) is 33.6 Å². The predicted octanol–water partition coefficient (Wildman–Crippen LogP) is 1.65. The monoisotopic (exact) mass is 276 g/mol. The molecule has 0 aromatic carbocycles. The Morgan fingerprint density at radius 2 is 2.17 bits per heavy atom. The van der Waals surface area contributed by atoms with E-state index >= 15 is 0 Å². The topological polar surface area (TPSA) is 77.5 Å². The molecule has 1 fully saturated rings. The number of piperidine rings is 1. The van der Waals surface area contributed by atoms with Gasteiger partial charge in [-0.25, -0.2) is 4.79 Å². The van der Waals surface area contributed by atoms with Gasteiger partial charge in [0.1, 0.15) is 5.60 Å². The molecule has 1 aliphatic rings. The minimum atomic E-state index is -0.484. The number of hydrogen-bond acceptors (Lipinski definition) is 3. The second kappa shape index (κ2) is 6.13. The molecule has 1 aliphatic heterocycles. The van der Waals surface area contributed by atoms with Gasteiger partial charge in [0.25, 0.3) is 0 Å². The molecule has 7 heteroatoms. The van der Waals surface area contributed by atoms with Crippen molar-refractivity contribution in [3.63, 3.8) is 0 Å². The Bertz CT molecular complexity index is 317. The summed E-state index contributed by atoms with van der Waals surface area (Å²) in [6.07, 6.45) is 1.48. The number of nitrogens with zero attached hydrogens (tertiary/aromatic N) is 1. The van der Waals surface area contributed by atoms with Gasteiger partial charge in [-0.1, -0.05) is 0 Å². The van der Waals surface area contributed by atoms with E-state index in [4.69, 9.17) is 21.9 Å². The first-order valence-electron chi connectivity index (χ1n) is 6.01. The summed E-state index contributed by atoms with van der Waals surface area (Å²) in [6, 6.07) is 0.0324. The van der Waals surface area contributed by atoms with E-state index in [1.54, 1.807) is 4.90 Å². The highest BCUT2D eigenvalue weighted by Gasteiger charge is 2.27. The number of carbonyl (C=O) groups is 1. The number of rotatable bonds is 1. The first-order chi connectivity index (χ1) is 8.31. The van der Waals surface area contributed by atoms with Crippen molar-refractivity contribution in [1.82, 2.24) is 15.1 Å². The number of carbonyl (C=O) groups excluding carboxylic acids is 1. The molecule has 1 amide bonds. The molecule has 104 valence electrons. The van der Waals surface area contributed by atoms with Gasteiger partial charge in [-0.15, -0.1) is 0 Å². The van der Waals surface area contributed by atoms with E-state index in [2.05, 4.69) is 10.2 Å². The van der Waals surface area contributed by atoms with E-state index in [-0.39, 0.29) is 18.1 Å². The molecule has 1 rings (SSSR count). The summed E-state index contributed by atoms with van der Waals surface area (Å²) in [5.41, 5.74) is -0.484. The number of guanidine groups is 1. The van der Waals surface area contributed by atoms with Gasteiger partial charge in [0, 0.05) is 30.9 Å². The van der Waals surface area contributed by atoms with Crippen molar-refractivity contribution in [3.8, 4) is 0 Å².